The number of benzene rings is 1. The molecule has 0 aromatic heterocycles. The van der Waals surface area contributed by atoms with Gasteiger partial charge in [0.1, 0.15) is 29.4 Å². The Morgan fingerprint density at radius 1 is 1.27 bits per heavy atom. The lowest BCUT2D eigenvalue weighted by atomic mass is 9.58. The van der Waals surface area contributed by atoms with E-state index in [0.717, 1.165) is 6.21 Å². The van der Waals surface area contributed by atoms with Gasteiger partial charge in [-0.25, -0.2) is 0 Å². The van der Waals surface area contributed by atoms with Crippen LogP contribution in [-0.4, -0.2) is 102 Å². The van der Waals surface area contributed by atoms with E-state index in [0.29, 0.717) is 11.3 Å². The molecule has 1 saturated carbocycles. The molecule has 1 aliphatic heterocycles. The number of rotatable bonds is 6. The van der Waals surface area contributed by atoms with Gasteiger partial charge in [0.15, 0.2) is 5.60 Å². The first-order valence-corrected chi connectivity index (χ1v) is 12.7. The van der Waals surface area contributed by atoms with E-state index in [1.165, 1.54) is 6.07 Å². The monoisotopic (exact) mass is 581 g/mol. The Kier molecular flexibility index (Phi) is 6.36. The number of Topliss-reactive ketones (excluding diaryl/α,β-unsaturated/α-hetero) is 1. The number of carbonyl (C=O) groups excluding carboxylic acids is 2. The largest absolute Gasteiger partial charge is 0.510 e. The summed E-state index contributed by atoms with van der Waals surface area (Å²) in [4.78, 5) is 29.7. The third kappa shape index (κ3) is 3.97. The van der Waals surface area contributed by atoms with Crippen LogP contribution < -0.4 is 16.1 Å². The summed E-state index contributed by atoms with van der Waals surface area (Å²) >= 11 is 0. The van der Waals surface area contributed by atoms with Gasteiger partial charge in [0.05, 0.1) is 17.8 Å². The lowest BCUT2D eigenvalue weighted by molar-refractivity contribution is -0.128. The molecule has 1 saturated heterocycles. The van der Waals surface area contributed by atoms with Gasteiger partial charge in [0.2, 0.25) is 11.6 Å². The maximum Gasteiger partial charge on any atom is 0.407 e. The van der Waals surface area contributed by atoms with E-state index in [4.69, 9.17) is 10.5 Å². The topological polar surface area (TPSA) is 184 Å². The SMILES string of the molecule is CN(C)c1cc(/C=N/NCC(F)(F)F)c(O)c2c1C[C@H]1C[C@H]3[C@H](N(C)C)C(O)=C(C(N)=O)C4(O)O[C@]34C(=O)C1=C2O. The Labute approximate surface area is 232 Å². The van der Waals surface area contributed by atoms with Gasteiger partial charge in [-0.05, 0) is 44.5 Å². The number of aliphatic hydroxyl groups is 3. The van der Waals surface area contributed by atoms with Gasteiger partial charge >= 0.3 is 6.18 Å². The van der Waals surface area contributed by atoms with Gasteiger partial charge in [0.25, 0.3) is 5.91 Å². The molecular formula is C26H30F3N5O7. The molecule has 3 aliphatic carbocycles. The van der Waals surface area contributed by atoms with E-state index >= 15 is 0 Å². The number of primary amides is 1. The highest BCUT2D eigenvalue weighted by molar-refractivity contribution is 6.14. The zero-order valence-corrected chi connectivity index (χ0v) is 22.6. The quantitative estimate of drug-likeness (QED) is 0.159. The molecule has 4 aliphatic rings. The summed E-state index contributed by atoms with van der Waals surface area (Å²) in [6, 6.07) is 0.579. The molecule has 222 valence electrons. The van der Waals surface area contributed by atoms with E-state index in [9.17, 15) is 43.2 Å². The zero-order chi connectivity index (χ0) is 30.4. The number of nitrogens with one attached hydrogen (secondary N) is 1. The zero-order valence-electron chi connectivity index (χ0n) is 22.6. The van der Waals surface area contributed by atoms with Gasteiger partial charge < -0.3 is 41.2 Å². The van der Waals surface area contributed by atoms with Crippen molar-refractivity contribution in [2.75, 3.05) is 39.6 Å². The molecule has 1 aromatic rings. The lowest BCUT2D eigenvalue weighted by Crippen LogP contribution is -2.60. The number of nitrogens with zero attached hydrogens (tertiary/aromatic N) is 3. The fourth-order valence-corrected chi connectivity index (χ4v) is 6.67. The number of ether oxygens (including phenoxy) is 1. The first-order valence-electron chi connectivity index (χ1n) is 12.7. The summed E-state index contributed by atoms with van der Waals surface area (Å²) < 4.78 is 43.1. The minimum absolute atomic E-state index is 0.0274. The van der Waals surface area contributed by atoms with Crippen molar-refractivity contribution < 1.29 is 47.9 Å². The molecule has 0 radical (unpaired) electrons. The van der Waals surface area contributed by atoms with Crippen molar-refractivity contribution in [2.45, 2.75) is 36.4 Å². The predicted octanol–water partition coefficient (Wildman–Crippen LogP) is 0.673. The second kappa shape index (κ2) is 9.09. The first-order chi connectivity index (χ1) is 19.0. The Morgan fingerprint density at radius 3 is 2.49 bits per heavy atom. The average molecular weight is 582 g/mol. The van der Waals surface area contributed by atoms with E-state index in [-0.39, 0.29) is 29.5 Å². The number of carbonyl (C=O) groups is 2. The first kappa shape index (κ1) is 28.7. The number of fused-ring (bicyclic) bond motifs is 2. The number of anilines is 1. The van der Waals surface area contributed by atoms with Crippen molar-refractivity contribution in [3.63, 3.8) is 0 Å². The van der Waals surface area contributed by atoms with Crippen LogP contribution in [0.2, 0.25) is 0 Å². The molecule has 1 aromatic carbocycles. The van der Waals surface area contributed by atoms with Crippen LogP contribution in [0.3, 0.4) is 0 Å². The molecule has 5 rings (SSSR count). The highest BCUT2D eigenvalue weighted by atomic mass is 19.4. The van der Waals surface area contributed by atoms with Crippen molar-refractivity contribution >= 4 is 29.4 Å². The number of aliphatic hydroxyl groups excluding tert-OH is 2. The Balaban J connectivity index is 1.65. The summed E-state index contributed by atoms with van der Waals surface area (Å²) in [6.07, 6.45) is -3.25. The second-order valence-electron chi connectivity index (χ2n) is 11.1. The molecule has 7 N–H and O–H groups in total. The Morgan fingerprint density at radius 2 is 1.93 bits per heavy atom. The average Bonchev–Trinajstić information content (AvgIpc) is 3.47. The minimum Gasteiger partial charge on any atom is -0.510 e. The van der Waals surface area contributed by atoms with E-state index in [1.807, 2.05) is 5.43 Å². The van der Waals surface area contributed by atoms with Crippen LogP contribution in [-0.2, 0) is 20.7 Å². The van der Waals surface area contributed by atoms with Gasteiger partial charge in [-0.3, -0.25) is 14.5 Å². The number of alkyl halides is 3. The van der Waals surface area contributed by atoms with Gasteiger partial charge in [-0.15, -0.1) is 0 Å². The molecule has 1 heterocycles. The van der Waals surface area contributed by atoms with E-state index in [1.54, 1.807) is 38.0 Å². The highest BCUT2D eigenvalue weighted by Crippen LogP contribution is 2.67. The number of phenols is 1. The van der Waals surface area contributed by atoms with Crippen LogP contribution >= 0.6 is 0 Å². The van der Waals surface area contributed by atoms with Crippen molar-refractivity contribution in [3.05, 3.63) is 39.7 Å². The van der Waals surface area contributed by atoms with Crippen LogP contribution in [0.1, 0.15) is 23.1 Å². The third-order valence-electron chi connectivity index (χ3n) is 8.29. The molecular weight excluding hydrogens is 551 g/mol. The molecule has 41 heavy (non-hydrogen) atoms. The minimum atomic E-state index is -4.52. The van der Waals surface area contributed by atoms with Gasteiger partial charge in [0, 0.05) is 36.8 Å². The van der Waals surface area contributed by atoms with Crippen LogP contribution in [0.25, 0.3) is 5.76 Å². The number of hydrogen-bond donors (Lipinski definition) is 6. The number of amides is 1. The second-order valence-corrected chi connectivity index (χ2v) is 11.1. The van der Waals surface area contributed by atoms with Crippen molar-refractivity contribution in [1.29, 1.82) is 0 Å². The molecule has 1 amide bonds. The standard InChI is InChI=1S/C26H30F3N5O7/c1-33(2)14-7-11(8-31-32-9-24(27,28)29)19(35)16-12(14)5-10-6-13-18(34(3)4)21(37)17(23(30)39)26(40)25(13,41-26)22(38)15(10)20(16)36/h7-8,10,13,18,32,35-37,40H,5-6,9H2,1-4H3,(H2,30,39)/b31-8+/t10-,13-,18-,25-,26?/m0/s1. The maximum absolute atomic E-state index is 14.1. The van der Waals surface area contributed by atoms with Crippen molar-refractivity contribution in [2.24, 2.45) is 22.7 Å². The third-order valence-corrected chi connectivity index (χ3v) is 8.29. The fourth-order valence-electron chi connectivity index (χ4n) is 6.67. The molecule has 0 bridgehead atoms. The smallest absolute Gasteiger partial charge is 0.407 e. The van der Waals surface area contributed by atoms with Crippen molar-refractivity contribution in [1.82, 2.24) is 10.3 Å². The van der Waals surface area contributed by atoms with E-state index < -0.39 is 76.5 Å². The molecule has 1 spiro atoms. The molecule has 15 heteroatoms. The highest BCUT2D eigenvalue weighted by Gasteiger charge is 2.86. The number of halogens is 3. The molecule has 1 unspecified atom stereocenters. The maximum atomic E-state index is 14.1. The van der Waals surface area contributed by atoms with Crippen LogP contribution in [0.15, 0.2) is 28.1 Å². The fraction of sp³-hybridized carbons (Fsp3) is 0.500. The Hall–Kier alpha value is -3.82. The number of hydrogen-bond acceptors (Lipinski definition) is 11. The number of aromatic hydroxyl groups is 1. The summed E-state index contributed by atoms with van der Waals surface area (Å²) in [6.45, 7) is -1.40. The van der Waals surface area contributed by atoms with Crippen molar-refractivity contribution in [3.8, 4) is 5.75 Å². The lowest BCUT2D eigenvalue weighted by Gasteiger charge is -2.46. The summed E-state index contributed by atoms with van der Waals surface area (Å²) in [5.74, 6) is -7.57. The number of likely N-dealkylation sites (N-methyl/N-ethyl adjacent to an activating group) is 1. The molecule has 12 nitrogen and oxygen atoms in total. The van der Waals surface area contributed by atoms with Crippen LogP contribution in [0, 0.1) is 11.8 Å². The van der Waals surface area contributed by atoms with E-state index in [2.05, 4.69) is 5.10 Å². The number of epoxide rings is 1. The Bertz CT molecular complexity index is 1450. The molecule has 5 atom stereocenters. The number of ketones is 1. The molecule has 2 fully saturated rings. The van der Waals surface area contributed by atoms with Gasteiger partial charge in [-0.1, -0.05) is 0 Å². The predicted molar refractivity (Wildman–Crippen MR) is 139 cm³/mol. The summed E-state index contributed by atoms with van der Waals surface area (Å²) in [5, 5.41) is 48.4. The van der Waals surface area contributed by atoms with Gasteiger partial charge in [-0.2, -0.15) is 18.3 Å². The van der Waals surface area contributed by atoms with Crippen LogP contribution in [0.5, 0.6) is 5.75 Å². The van der Waals surface area contributed by atoms with Crippen LogP contribution in [0.4, 0.5) is 18.9 Å². The number of hydrazone groups is 1. The number of phenolic OH excluding ortho intramolecular Hbond substituents is 1. The number of nitrogens with two attached hydrogens (primary N) is 1. The summed E-state index contributed by atoms with van der Waals surface area (Å²) in [5.41, 5.74) is 5.36. The normalized spacial score (nSPS) is 30.7. The summed E-state index contributed by atoms with van der Waals surface area (Å²) in [7, 11) is 6.64.